The van der Waals surface area contributed by atoms with Crippen molar-refractivity contribution in [1.29, 1.82) is 0 Å². The van der Waals surface area contributed by atoms with E-state index in [1.165, 1.54) is 11.1 Å². The molecule has 2 aliphatic rings. The lowest BCUT2D eigenvalue weighted by Gasteiger charge is -2.19. The monoisotopic (exact) mass is 325 g/mol. The maximum atomic E-state index is 12.1. The van der Waals surface area contributed by atoms with E-state index >= 15 is 0 Å². The Morgan fingerprint density at radius 3 is 3.04 bits per heavy atom. The molecule has 0 unspecified atom stereocenters. The smallest absolute Gasteiger partial charge is 0.254 e. The van der Waals surface area contributed by atoms with Crippen molar-refractivity contribution in [3.63, 3.8) is 0 Å². The summed E-state index contributed by atoms with van der Waals surface area (Å²) in [5.41, 5.74) is 4.49. The zero-order valence-corrected chi connectivity index (χ0v) is 14.3. The van der Waals surface area contributed by atoms with Gasteiger partial charge in [-0.1, -0.05) is 12.1 Å². The molecule has 1 atom stereocenters. The average molecular weight is 325 g/mol. The first kappa shape index (κ1) is 15.4. The van der Waals surface area contributed by atoms with Gasteiger partial charge in [-0.3, -0.25) is 9.69 Å². The molecular formula is C19H23N3O2. The molecule has 2 aromatic rings. The van der Waals surface area contributed by atoms with Gasteiger partial charge < -0.3 is 9.72 Å². The second-order valence-corrected chi connectivity index (χ2v) is 6.93. The number of aryl methyl sites for hydroxylation is 1. The van der Waals surface area contributed by atoms with Gasteiger partial charge in [0, 0.05) is 38.0 Å². The molecule has 126 valence electrons. The molecule has 0 amide bonds. The molecule has 1 aromatic carbocycles. The second-order valence-electron chi connectivity index (χ2n) is 6.93. The molecule has 1 aromatic heterocycles. The quantitative estimate of drug-likeness (QED) is 0.917. The van der Waals surface area contributed by atoms with Gasteiger partial charge in [-0.25, -0.2) is 4.98 Å². The van der Waals surface area contributed by atoms with Gasteiger partial charge >= 0.3 is 0 Å². The van der Waals surface area contributed by atoms with Gasteiger partial charge in [0.25, 0.3) is 5.56 Å². The van der Waals surface area contributed by atoms with Gasteiger partial charge in [-0.2, -0.15) is 0 Å². The highest BCUT2D eigenvalue weighted by atomic mass is 16.5. The first-order valence-corrected chi connectivity index (χ1v) is 8.68. The minimum absolute atomic E-state index is 0.0306. The summed E-state index contributed by atoms with van der Waals surface area (Å²) in [6.45, 7) is 6.69. The van der Waals surface area contributed by atoms with Gasteiger partial charge in [0.05, 0.1) is 5.69 Å². The van der Waals surface area contributed by atoms with Crippen LogP contribution >= 0.6 is 0 Å². The van der Waals surface area contributed by atoms with Gasteiger partial charge in [0.1, 0.15) is 17.7 Å². The van der Waals surface area contributed by atoms with Gasteiger partial charge in [-0.05, 0) is 37.5 Å². The third-order valence-corrected chi connectivity index (χ3v) is 4.93. The summed E-state index contributed by atoms with van der Waals surface area (Å²) < 4.78 is 5.78. The van der Waals surface area contributed by atoms with E-state index in [0.717, 1.165) is 55.9 Å². The fraction of sp³-hybridized carbons (Fsp3) is 0.474. The summed E-state index contributed by atoms with van der Waals surface area (Å²) in [4.78, 5) is 21.9. The topological polar surface area (TPSA) is 58.2 Å². The Balaban J connectivity index is 1.49. The number of nitrogens with zero attached hydrogens (tertiary/aromatic N) is 2. The number of aromatic amines is 1. The van der Waals surface area contributed by atoms with E-state index < -0.39 is 0 Å². The number of fused-ring (bicyclic) bond motifs is 2. The summed E-state index contributed by atoms with van der Waals surface area (Å²) in [7, 11) is 0. The molecule has 5 heteroatoms. The minimum Gasteiger partial charge on any atom is -0.490 e. The normalized spacial score (nSPS) is 20.2. The Hall–Kier alpha value is -2.14. The Kier molecular flexibility index (Phi) is 3.88. The first-order valence-electron chi connectivity index (χ1n) is 8.68. The van der Waals surface area contributed by atoms with Crippen molar-refractivity contribution in [2.24, 2.45) is 0 Å². The highest BCUT2D eigenvalue weighted by molar-refractivity contribution is 5.40. The van der Waals surface area contributed by atoms with E-state index in [2.05, 4.69) is 40.0 Å². The van der Waals surface area contributed by atoms with E-state index in [-0.39, 0.29) is 11.7 Å². The van der Waals surface area contributed by atoms with Crippen LogP contribution in [0.4, 0.5) is 0 Å². The third-order valence-electron chi connectivity index (χ3n) is 4.93. The zero-order chi connectivity index (χ0) is 16.7. The van der Waals surface area contributed by atoms with Crippen LogP contribution in [0.1, 0.15) is 35.1 Å². The average Bonchev–Trinajstić information content (AvgIpc) is 2.77. The Morgan fingerprint density at radius 2 is 2.17 bits per heavy atom. The lowest BCUT2D eigenvalue weighted by molar-refractivity contribution is 0.254. The van der Waals surface area contributed by atoms with E-state index in [4.69, 9.17) is 4.74 Å². The summed E-state index contributed by atoms with van der Waals surface area (Å²) in [6.07, 6.45) is 2.88. The van der Waals surface area contributed by atoms with Crippen molar-refractivity contribution in [2.75, 3.05) is 13.1 Å². The van der Waals surface area contributed by atoms with Crippen molar-refractivity contribution >= 4 is 0 Å². The summed E-state index contributed by atoms with van der Waals surface area (Å²) in [5, 5.41) is 0. The molecule has 0 spiro atoms. The van der Waals surface area contributed by atoms with Crippen LogP contribution in [-0.4, -0.2) is 34.1 Å². The van der Waals surface area contributed by atoms with Crippen LogP contribution < -0.4 is 10.3 Å². The Bertz CT molecular complexity index is 828. The zero-order valence-electron chi connectivity index (χ0n) is 14.3. The van der Waals surface area contributed by atoms with E-state index in [0.29, 0.717) is 5.82 Å². The molecule has 2 aliphatic heterocycles. The van der Waals surface area contributed by atoms with Gasteiger partial charge in [0.15, 0.2) is 0 Å². The molecule has 0 aliphatic carbocycles. The largest absolute Gasteiger partial charge is 0.490 e. The number of rotatable bonds is 2. The van der Waals surface area contributed by atoms with Crippen LogP contribution in [0, 0.1) is 6.92 Å². The van der Waals surface area contributed by atoms with E-state index in [1.807, 2.05) is 6.92 Å². The fourth-order valence-corrected chi connectivity index (χ4v) is 3.77. The van der Waals surface area contributed by atoms with Crippen molar-refractivity contribution in [2.45, 2.75) is 45.8 Å². The molecule has 5 nitrogen and oxygen atoms in total. The van der Waals surface area contributed by atoms with Crippen LogP contribution in [0.15, 0.2) is 23.0 Å². The second kappa shape index (κ2) is 6.06. The molecule has 0 saturated heterocycles. The number of hydrogen-bond donors (Lipinski definition) is 1. The number of H-pyrrole nitrogens is 1. The summed E-state index contributed by atoms with van der Waals surface area (Å²) in [5.74, 6) is 1.74. The highest BCUT2D eigenvalue weighted by Crippen LogP contribution is 2.29. The molecular weight excluding hydrogens is 302 g/mol. The maximum Gasteiger partial charge on any atom is 0.254 e. The van der Waals surface area contributed by atoms with Gasteiger partial charge in [-0.15, -0.1) is 0 Å². The molecule has 0 saturated carbocycles. The number of benzene rings is 1. The van der Waals surface area contributed by atoms with Crippen LogP contribution in [0.2, 0.25) is 0 Å². The Morgan fingerprint density at radius 1 is 1.33 bits per heavy atom. The van der Waals surface area contributed by atoms with Crippen molar-refractivity contribution in [3.05, 3.63) is 56.8 Å². The fourth-order valence-electron chi connectivity index (χ4n) is 3.77. The molecule has 0 radical (unpaired) electrons. The van der Waals surface area contributed by atoms with Crippen molar-refractivity contribution < 1.29 is 4.74 Å². The van der Waals surface area contributed by atoms with Crippen molar-refractivity contribution in [3.8, 4) is 5.75 Å². The number of aromatic nitrogens is 2. The molecule has 0 bridgehead atoms. The summed E-state index contributed by atoms with van der Waals surface area (Å²) in [6, 6.07) is 6.52. The molecule has 3 heterocycles. The Labute approximate surface area is 141 Å². The third kappa shape index (κ3) is 2.96. The highest BCUT2D eigenvalue weighted by Gasteiger charge is 2.21. The number of ether oxygens (including phenoxy) is 1. The van der Waals surface area contributed by atoms with Crippen LogP contribution in [-0.2, 0) is 25.8 Å². The number of hydrogen-bond acceptors (Lipinski definition) is 4. The minimum atomic E-state index is 0.0306. The lowest BCUT2D eigenvalue weighted by Crippen LogP contribution is -2.26. The predicted molar refractivity (Wildman–Crippen MR) is 92.5 cm³/mol. The maximum absolute atomic E-state index is 12.1. The lowest BCUT2D eigenvalue weighted by atomic mass is 10.1. The molecule has 0 fully saturated rings. The van der Waals surface area contributed by atoms with Crippen LogP contribution in [0.5, 0.6) is 5.75 Å². The predicted octanol–water partition coefficient (Wildman–Crippen LogP) is 2.00. The van der Waals surface area contributed by atoms with Crippen LogP contribution in [0.3, 0.4) is 0 Å². The molecule has 24 heavy (non-hydrogen) atoms. The molecule has 4 rings (SSSR count). The standard InChI is InChI=1S/C19H23N3O2/c1-12-9-15-10-14(3-4-18(15)24-12)11-22-7-5-16-17(6-8-22)20-13(2)21-19(16)23/h3-4,10,12H,5-9,11H2,1-2H3,(H,20,21,23)/t12-/m0/s1. The number of nitrogens with one attached hydrogen (secondary N) is 1. The SMILES string of the molecule is Cc1nc2c(c(=O)[nH]1)CCN(Cc1ccc3c(c1)C[C@H](C)O3)CC2. The van der Waals surface area contributed by atoms with E-state index in [9.17, 15) is 4.79 Å². The van der Waals surface area contributed by atoms with Crippen molar-refractivity contribution in [1.82, 2.24) is 14.9 Å². The van der Waals surface area contributed by atoms with Gasteiger partial charge in [0.2, 0.25) is 0 Å². The van der Waals surface area contributed by atoms with Crippen LogP contribution in [0.25, 0.3) is 0 Å². The van der Waals surface area contributed by atoms with E-state index in [1.54, 1.807) is 0 Å². The summed E-state index contributed by atoms with van der Waals surface area (Å²) >= 11 is 0. The molecule has 1 N–H and O–H groups in total. The first-order chi connectivity index (χ1) is 11.6.